The summed E-state index contributed by atoms with van der Waals surface area (Å²) in [4.78, 5) is 14.5. The highest BCUT2D eigenvalue weighted by molar-refractivity contribution is 7.03. The molecule has 0 N–H and O–H groups in total. The second-order valence-electron chi connectivity index (χ2n) is 6.93. The van der Waals surface area contributed by atoms with Gasteiger partial charge in [-0.25, -0.2) is 0 Å². The van der Waals surface area contributed by atoms with Crippen LogP contribution in [0.3, 0.4) is 0 Å². The van der Waals surface area contributed by atoms with Crippen molar-refractivity contribution in [3.05, 3.63) is 46.5 Å². The number of benzene rings is 1. The number of amides is 1. The normalized spacial score (nSPS) is 22.0. The average molecular weight is 357 g/mol. The third-order valence-corrected chi connectivity index (χ3v) is 6.22. The van der Waals surface area contributed by atoms with Crippen LogP contribution in [0.1, 0.15) is 60.3 Å². The zero-order valence-corrected chi connectivity index (χ0v) is 15.3. The fraction of sp³-hybridized carbons (Fsp3) is 0.526. The van der Waals surface area contributed by atoms with E-state index in [0.717, 1.165) is 45.4 Å². The zero-order valence-electron chi connectivity index (χ0n) is 14.5. The summed E-state index contributed by atoms with van der Waals surface area (Å²) in [5, 5.41) is 5.65. The van der Waals surface area contributed by atoms with Gasteiger partial charge in [-0.15, -0.1) is 5.10 Å². The molecule has 0 radical (unpaired) electrons. The van der Waals surface area contributed by atoms with Crippen LogP contribution in [0, 0.1) is 0 Å². The Labute approximate surface area is 152 Å². The van der Waals surface area contributed by atoms with E-state index in [0.29, 0.717) is 5.69 Å². The fourth-order valence-electron chi connectivity index (χ4n) is 4.41. The molecule has 4 rings (SSSR count). The molecule has 1 aliphatic carbocycles. The van der Waals surface area contributed by atoms with Gasteiger partial charge >= 0.3 is 0 Å². The summed E-state index contributed by atoms with van der Waals surface area (Å²) in [6.07, 6.45) is 4.43. The highest BCUT2D eigenvalue weighted by Crippen LogP contribution is 2.48. The highest BCUT2D eigenvalue weighted by Gasteiger charge is 2.42. The van der Waals surface area contributed by atoms with Crippen LogP contribution in [0.4, 0.5) is 0 Å². The first-order valence-electron chi connectivity index (χ1n) is 9.01. The fourth-order valence-corrected chi connectivity index (χ4v) is 4.84. The summed E-state index contributed by atoms with van der Waals surface area (Å²) in [5.74, 6) is 0.0138. The molecule has 2 heterocycles. The van der Waals surface area contributed by atoms with Gasteiger partial charge in [0.25, 0.3) is 5.91 Å². The monoisotopic (exact) mass is 357 g/mol. The van der Waals surface area contributed by atoms with E-state index >= 15 is 0 Å². The number of rotatable bonds is 3. The molecule has 2 aliphatic rings. The summed E-state index contributed by atoms with van der Waals surface area (Å²) in [5.41, 5.74) is 3.43. The van der Waals surface area contributed by atoms with Crippen LogP contribution < -0.4 is 0 Å². The molecular formula is C19H23N3O2S. The zero-order chi connectivity index (χ0) is 17.3. The Kier molecular flexibility index (Phi) is 4.56. The first kappa shape index (κ1) is 16.7. The number of aromatic nitrogens is 2. The van der Waals surface area contributed by atoms with Crippen molar-refractivity contribution in [2.45, 2.75) is 44.1 Å². The van der Waals surface area contributed by atoms with Crippen LogP contribution in [0.15, 0.2) is 29.6 Å². The van der Waals surface area contributed by atoms with Crippen molar-refractivity contribution in [3.8, 4) is 0 Å². The van der Waals surface area contributed by atoms with Gasteiger partial charge < -0.3 is 9.64 Å². The second-order valence-corrected chi connectivity index (χ2v) is 7.54. The van der Waals surface area contributed by atoms with E-state index in [9.17, 15) is 4.79 Å². The lowest BCUT2D eigenvalue weighted by Crippen LogP contribution is -2.47. The Morgan fingerprint density at radius 1 is 1.32 bits per heavy atom. The molecule has 1 amide bonds. The first-order valence-corrected chi connectivity index (χ1v) is 9.84. The van der Waals surface area contributed by atoms with Crippen molar-refractivity contribution in [1.82, 2.24) is 14.5 Å². The van der Waals surface area contributed by atoms with Gasteiger partial charge in [-0.05, 0) is 60.7 Å². The largest absolute Gasteiger partial charge is 0.374 e. The Bertz CT molecular complexity index is 739. The molecular weight excluding hydrogens is 334 g/mol. The maximum Gasteiger partial charge on any atom is 0.275 e. The number of fused-ring (bicyclic) bond motifs is 2. The van der Waals surface area contributed by atoms with E-state index < -0.39 is 0 Å². The van der Waals surface area contributed by atoms with Gasteiger partial charge in [0.1, 0.15) is 0 Å². The van der Waals surface area contributed by atoms with Gasteiger partial charge in [-0.3, -0.25) is 4.79 Å². The first-order chi connectivity index (χ1) is 12.2. The van der Waals surface area contributed by atoms with Crippen molar-refractivity contribution in [3.63, 3.8) is 0 Å². The number of ether oxygens (including phenoxy) is 1. The molecule has 1 spiro atoms. The van der Waals surface area contributed by atoms with Crippen molar-refractivity contribution in [2.75, 3.05) is 19.7 Å². The van der Waals surface area contributed by atoms with Crippen molar-refractivity contribution in [2.24, 2.45) is 0 Å². The average Bonchev–Trinajstić information content (AvgIpc) is 3.19. The lowest BCUT2D eigenvalue weighted by Gasteiger charge is -2.47. The number of piperidine rings is 1. The number of hydrogen-bond acceptors (Lipinski definition) is 5. The van der Waals surface area contributed by atoms with E-state index in [2.05, 4.69) is 40.8 Å². The predicted molar refractivity (Wildman–Crippen MR) is 96.8 cm³/mol. The molecule has 132 valence electrons. The highest BCUT2D eigenvalue weighted by atomic mass is 32.1. The third-order valence-electron chi connectivity index (χ3n) is 5.72. The van der Waals surface area contributed by atoms with E-state index in [1.165, 1.54) is 22.7 Å². The molecule has 1 saturated heterocycles. The Hall–Kier alpha value is -1.79. The second kappa shape index (κ2) is 6.84. The molecule has 1 aliphatic heterocycles. The van der Waals surface area contributed by atoms with E-state index in [1.54, 1.807) is 5.38 Å². The van der Waals surface area contributed by atoms with Crippen LogP contribution in [0.5, 0.6) is 0 Å². The molecule has 0 saturated carbocycles. The standard InChI is InChI=1S/C19H23N3O2S/c1-2-24-17-7-8-19(15-6-4-3-5-14(15)17)9-11-22(12-10-19)18(23)16-13-25-21-20-16/h3-6,13,17H,2,7-12H2,1H3/t17-/m1/s1. The molecule has 0 unspecified atom stereocenters. The van der Waals surface area contributed by atoms with Gasteiger partial charge in [-0.2, -0.15) is 0 Å². The molecule has 6 heteroatoms. The third kappa shape index (κ3) is 2.98. The van der Waals surface area contributed by atoms with Crippen LogP contribution in [-0.4, -0.2) is 40.1 Å². The topological polar surface area (TPSA) is 55.3 Å². The Morgan fingerprint density at radius 3 is 2.84 bits per heavy atom. The summed E-state index contributed by atoms with van der Waals surface area (Å²) in [6.45, 7) is 4.37. The van der Waals surface area contributed by atoms with Crippen molar-refractivity contribution < 1.29 is 9.53 Å². The summed E-state index contributed by atoms with van der Waals surface area (Å²) < 4.78 is 9.78. The SMILES string of the molecule is CCO[C@@H]1CCC2(CCN(C(=O)c3csnn3)CC2)c2ccccc21. The molecule has 25 heavy (non-hydrogen) atoms. The molecule has 0 bridgehead atoms. The van der Waals surface area contributed by atoms with Crippen molar-refractivity contribution >= 4 is 17.4 Å². The summed E-state index contributed by atoms with van der Waals surface area (Å²) in [7, 11) is 0. The van der Waals surface area contributed by atoms with Gasteiger partial charge in [0.15, 0.2) is 5.69 Å². The van der Waals surface area contributed by atoms with E-state index in [4.69, 9.17) is 4.74 Å². The molecule has 1 aromatic heterocycles. The van der Waals surface area contributed by atoms with Gasteiger partial charge in [-0.1, -0.05) is 28.8 Å². The van der Waals surface area contributed by atoms with E-state index in [-0.39, 0.29) is 17.4 Å². The Morgan fingerprint density at radius 2 is 2.12 bits per heavy atom. The van der Waals surface area contributed by atoms with Gasteiger partial charge in [0.05, 0.1) is 6.10 Å². The maximum atomic E-state index is 12.5. The molecule has 1 atom stereocenters. The van der Waals surface area contributed by atoms with Gasteiger partial charge in [0.2, 0.25) is 0 Å². The molecule has 2 aromatic rings. The van der Waals surface area contributed by atoms with Crippen LogP contribution >= 0.6 is 11.5 Å². The molecule has 1 aromatic carbocycles. The number of carbonyl (C=O) groups is 1. The number of carbonyl (C=O) groups excluding carboxylic acids is 1. The lowest BCUT2D eigenvalue weighted by molar-refractivity contribution is 0.0291. The van der Waals surface area contributed by atoms with Crippen LogP contribution in [0.25, 0.3) is 0 Å². The van der Waals surface area contributed by atoms with Crippen LogP contribution in [-0.2, 0) is 10.2 Å². The van der Waals surface area contributed by atoms with Gasteiger partial charge in [0, 0.05) is 25.1 Å². The van der Waals surface area contributed by atoms with E-state index in [1.807, 2.05) is 4.90 Å². The number of likely N-dealkylation sites (tertiary alicyclic amines) is 1. The number of hydrogen-bond donors (Lipinski definition) is 0. The quantitative estimate of drug-likeness (QED) is 0.842. The number of nitrogens with zero attached hydrogens (tertiary/aromatic N) is 3. The Balaban J connectivity index is 1.54. The minimum absolute atomic E-state index is 0.0138. The maximum absolute atomic E-state index is 12.5. The smallest absolute Gasteiger partial charge is 0.275 e. The lowest BCUT2D eigenvalue weighted by atomic mass is 9.64. The molecule has 5 nitrogen and oxygen atoms in total. The van der Waals surface area contributed by atoms with Crippen molar-refractivity contribution in [1.29, 1.82) is 0 Å². The molecule has 1 fully saturated rings. The predicted octanol–water partition coefficient (Wildman–Crippen LogP) is 3.58. The summed E-state index contributed by atoms with van der Waals surface area (Å²) in [6, 6.07) is 8.72. The van der Waals surface area contributed by atoms with Crippen LogP contribution in [0.2, 0.25) is 0 Å². The summed E-state index contributed by atoms with van der Waals surface area (Å²) >= 11 is 1.23. The minimum Gasteiger partial charge on any atom is -0.374 e. The minimum atomic E-state index is 0.0138.